The van der Waals surface area contributed by atoms with Crippen LogP contribution < -0.4 is 0 Å². The van der Waals surface area contributed by atoms with Crippen molar-refractivity contribution in [1.82, 2.24) is 0 Å². The predicted octanol–water partition coefficient (Wildman–Crippen LogP) is 5.70. The second-order valence-electron chi connectivity index (χ2n) is 6.77. The van der Waals surface area contributed by atoms with Crippen molar-refractivity contribution >= 4 is 8.32 Å². The molecular weight excluding hydrogens is 236 g/mol. The maximum atomic E-state index is 6.20. The number of hydrogen-bond acceptors (Lipinski definition) is 1. The largest absolute Gasteiger partial charge is 0.413 e. The summed E-state index contributed by atoms with van der Waals surface area (Å²) in [5.74, 6) is 0. The fraction of sp³-hybridized carbons (Fsp3) is 0.750. The zero-order valence-electron chi connectivity index (χ0n) is 13.7. The molecule has 0 aliphatic rings. The van der Waals surface area contributed by atoms with Crippen LogP contribution in [0.25, 0.3) is 0 Å². The first-order chi connectivity index (χ1) is 8.10. The van der Waals surface area contributed by atoms with Crippen molar-refractivity contribution in [2.45, 2.75) is 72.5 Å². The molecule has 2 heteroatoms. The molecule has 106 valence electrons. The summed E-state index contributed by atoms with van der Waals surface area (Å²) in [5, 5.41) is 0.300. The molecule has 0 amide bonds. The van der Waals surface area contributed by atoms with Gasteiger partial charge in [-0.05, 0) is 51.7 Å². The Morgan fingerprint density at radius 1 is 1.11 bits per heavy atom. The molecule has 18 heavy (non-hydrogen) atoms. The summed E-state index contributed by atoms with van der Waals surface area (Å²) >= 11 is 0. The van der Waals surface area contributed by atoms with Gasteiger partial charge in [-0.3, -0.25) is 0 Å². The van der Waals surface area contributed by atoms with Crippen LogP contribution in [-0.4, -0.2) is 14.9 Å². The van der Waals surface area contributed by atoms with E-state index in [4.69, 9.17) is 4.43 Å². The molecule has 0 aliphatic heterocycles. The van der Waals surface area contributed by atoms with Crippen molar-refractivity contribution in [3.05, 3.63) is 23.3 Å². The zero-order chi connectivity index (χ0) is 14.4. The molecule has 0 aromatic carbocycles. The van der Waals surface area contributed by atoms with E-state index in [0.29, 0.717) is 5.04 Å². The van der Waals surface area contributed by atoms with E-state index in [1.807, 2.05) is 0 Å². The van der Waals surface area contributed by atoms with Crippen molar-refractivity contribution in [2.24, 2.45) is 0 Å². The van der Waals surface area contributed by atoms with Gasteiger partial charge in [0.05, 0.1) is 6.61 Å². The van der Waals surface area contributed by atoms with Gasteiger partial charge in [0.1, 0.15) is 0 Å². The Balaban J connectivity index is 4.18. The minimum Gasteiger partial charge on any atom is -0.413 e. The summed E-state index contributed by atoms with van der Waals surface area (Å²) in [6, 6.07) is 0. The molecule has 0 radical (unpaired) electrons. The van der Waals surface area contributed by atoms with Gasteiger partial charge in [-0.1, -0.05) is 44.1 Å². The average Bonchev–Trinajstić information content (AvgIpc) is 2.24. The van der Waals surface area contributed by atoms with Crippen LogP contribution in [0.1, 0.15) is 54.4 Å². The standard InChI is InChI=1S/C16H32OSi/c1-9-14(2)11-10-12-15(3)13-17-18(7,8)16(4,5)6/h9,12H,10-11,13H2,1-8H3/b14-9+,15-12+. The molecule has 0 bridgehead atoms. The second kappa shape index (κ2) is 7.30. The lowest BCUT2D eigenvalue weighted by Gasteiger charge is -2.36. The SMILES string of the molecule is C/C=C(\C)CC/C=C(\C)CO[Si](C)(C)C(C)(C)C. The van der Waals surface area contributed by atoms with E-state index >= 15 is 0 Å². The third-order valence-corrected chi connectivity index (χ3v) is 8.47. The van der Waals surface area contributed by atoms with Crippen LogP contribution in [0.3, 0.4) is 0 Å². The predicted molar refractivity (Wildman–Crippen MR) is 85.6 cm³/mol. The van der Waals surface area contributed by atoms with Gasteiger partial charge in [-0.2, -0.15) is 0 Å². The Morgan fingerprint density at radius 2 is 1.67 bits per heavy atom. The van der Waals surface area contributed by atoms with Crippen LogP contribution in [-0.2, 0) is 4.43 Å². The van der Waals surface area contributed by atoms with Crippen molar-refractivity contribution in [3.63, 3.8) is 0 Å². The van der Waals surface area contributed by atoms with Gasteiger partial charge in [0.2, 0.25) is 0 Å². The van der Waals surface area contributed by atoms with Gasteiger partial charge in [0, 0.05) is 0 Å². The summed E-state index contributed by atoms with van der Waals surface area (Å²) in [6.45, 7) is 18.7. The van der Waals surface area contributed by atoms with Gasteiger partial charge >= 0.3 is 0 Å². The molecule has 0 N–H and O–H groups in total. The van der Waals surface area contributed by atoms with Gasteiger partial charge in [0.15, 0.2) is 8.32 Å². The zero-order valence-corrected chi connectivity index (χ0v) is 14.7. The molecule has 0 aromatic heterocycles. The lowest BCUT2D eigenvalue weighted by atomic mass is 10.1. The Morgan fingerprint density at radius 3 is 2.11 bits per heavy atom. The normalized spacial score (nSPS) is 15.1. The Kier molecular flexibility index (Phi) is 7.16. The summed E-state index contributed by atoms with van der Waals surface area (Å²) in [4.78, 5) is 0. The molecule has 0 saturated carbocycles. The van der Waals surface area contributed by atoms with Crippen LogP contribution in [0.2, 0.25) is 18.1 Å². The molecular formula is C16H32OSi. The Hall–Kier alpha value is -0.343. The van der Waals surface area contributed by atoms with E-state index in [-0.39, 0.29) is 0 Å². The number of rotatable bonds is 6. The first kappa shape index (κ1) is 17.7. The van der Waals surface area contributed by atoms with Crippen LogP contribution in [0.4, 0.5) is 0 Å². The molecule has 0 unspecified atom stereocenters. The van der Waals surface area contributed by atoms with E-state index in [9.17, 15) is 0 Å². The van der Waals surface area contributed by atoms with Crippen LogP contribution >= 0.6 is 0 Å². The van der Waals surface area contributed by atoms with Crippen molar-refractivity contribution in [3.8, 4) is 0 Å². The van der Waals surface area contributed by atoms with Crippen molar-refractivity contribution in [2.75, 3.05) is 6.61 Å². The fourth-order valence-corrected chi connectivity index (χ4v) is 2.28. The maximum absolute atomic E-state index is 6.20. The van der Waals surface area contributed by atoms with E-state index < -0.39 is 8.32 Å². The van der Waals surface area contributed by atoms with Gasteiger partial charge in [-0.15, -0.1) is 0 Å². The van der Waals surface area contributed by atoms with Crippen LogP contribution in [0.15, 0.2) is 23.3 Å². The lowest BCUT2D eigenvalue weighted by Crippen LogP contribution is -2.41. The number of allylic oxidation sites excluding steroid dienone is 3. The fourth-order valence-electron chi connectivity index (χ4n) is 1.26. The molecule has 0 atom stereocenters. The summed E-state index contributed by atoms with van der Waals surface area (Å²) < 4.78 is 6.20. The minimum absolute atomic E-state index is 0.300. The molecule has 0 fully saturated rings. The highest BCUT2D eigenvalue weighted by molar-refractivity contribution is 6.74. The lowest BCUT2D eigenvalue weighted by molar-refractivity contribution is 0.318. The summed E-state index contributed by atoms with van der Waals surface area (Å²) in [5.41, 5.74) is 2.83. The molecule has 0 heterocycles. The van der Waals surface area contributed by atoms with Gasteiger partial charge in [-0.25, -0.2) is 0 Å². The Labute approximate surface area is 115 Å². The summed E-state index contributed by atoms with van der Waals surface area (Å²) in [6.07, 6.45) is 6.80. The first-order valence-corrected chi connectivity index (χ1v) is 9.92. The third-order valence-electron chi connectivity index (χ3n) is 3.99. The molecule has 0 aromatic rings. The molecule has 0 aliphatic carbocycles. The molecule has 0 spiro atoms. The van der Waals surface area contributed by atoms with Crippen molar-refractivity contribution in [1.29, 1.82) is 0 Å². The molecule has 0 rings (SSSR count). The first-order valence-electron chi connectivity index (χ1n) is 7.01. The van der Waals surface area contributed by atoms with E-state index in [1.165, 1.54) is 11.1 Å². The Bertz CT molecular complexity index is 306. The molecule has 1 nitrogen and oxygen atoms in total. The monoisotopic (exact) mass is 268 g/mol. The average molecular weight is 269 g/mol. The summed E-state index contributed by atoms with van der Waals surface area (Å²) in [7, 11) is -1.59. The van der Waals surface area contributed by atoms with Crippen molar-refractivity contribution < 1.29 is 4.43 Å². The van der Waals surface area contributed by atoms with Gasteiger partial charge in [0.25, 0.3) is 0 Å². The quantitative estimate of drug-likeness (QED) is 0.443. The minimum atomic E-state index is -1.59. The van der Waals surface area contributed by atoms with Crippen LogP contribution in [0.5, 0.6) is 0 Å². The van der Waals surface area contributed by atoms with E-state index in [0.717, 1.165) is 19.4 Å². The molecule has 0 saturated heterocycles. The topological polar surface area (TPSA) is 9.23 Å². The van der Waals surface area contributed by atoms with E-state index in [1.54, 1.807) is 0 Å². The highest BCUT2D eigenvalue weighted by Crippen LogP contribution is 2.36. The second-order valence-corrected chi connectivity index (χ2v) is 11.6. The van der Waals surface area contributed by atoms with E-state index in [2.05, 4.69) is 66.8 Å². The number of hydrogen-bond donors (Lipinski definition) is 0. The van der Waals surface area contributed by atoms with Crippen LogP contribution in [0, 0.1) is 0 Å². The maximum Gasteiger partial charge on any atom is 0.192 e. The smallest absolute Gasteiger partial charge is 0.192 e. The van der Waals surface area contributed by atoms with Gasteiger partial charge < -0.3 is 4.43 Å². The highest BCUT2D eigenvalue weighted by atomic mass is 28.4. The highest BCUT2D eigenvalue weighted by Gasteiger charge is 2.36. The third kappa shape index (κ3) is 6.55.